The first kappa shape index (κ1) is 25.8. The number of ether oxygens (including phenoxy) is 2. The van der Waals surface area contributed by atoms with Gasteiger partial charge in [-0.05, 0) is 37.0 Å². The van der Waals surface area contributed by atoms with E-state index in [0.717, 1.165) is 16.3 Å². The summed E-state index contributed by atoms with van der Waals surface area (Å²) in [6, 6.07) is 11.9. The normalized spacial score (nSPS) is 11.9. The number of benzene rings is 1. The Morgan fingerprint density at radius 3 is 2.00 bits per heavy atom. The summed E-state index contributed by atoms with van der Waals surface area (Å²) in [7, 11) is 0. The quantitative estimate of drug-likeness (QED) is 0.654. The van der Waals surface area contributed by atoms with Gasteiger partial charge in [0, 0.05) is 11.8 Å². The second-order valence-corrected chi connectivity index (χ2v) is 8.36. The highest BCUT2D eigenvalue weighted by molar-refractivity contribution is 5.92. The zero-order valence-corrected chi connectivity index (χ0v) is 19.8. The minimum Gasteiger partial charge on any atom is -0.448 e. The molecular formula is C24H32N4O5. The number of nitrogens with two attached hydrogens (primary N) is 1. The van der Waals surface area contributed by atoms with Crippen molar-refractivity contribution in [3.8, 4) is 11.3 Å². The number of pyridine rings is 1. The number of aromatic nitrogens is 1. The monoisotopic (exact) mass is 456 g/mol. The molecule has 0 saturated heterocycles. The van der Waals surface area contributed by atoms with Crippen LogP contribution in [0.5, 0.6) is 0 Å². The van der Waals surface area contributed by atoms with Gasteiger partial charge in [0.05, 0.1) is 31.5 Å². The molecule has 0 bridgehead atoms. The van der Waals surface area contributed by atoms with Gasteiger partial charge in [0.15, 0.2) is 0 Å². The summed E-state index contributed by atoms with van der Waals surface area (Å²) in [6.45, 7) is 8.54. The summed E-state index contributed by atoms with van der Waals surface area (Å²) < 4.78 is 10.1. The van der Waals surface area contributed by atoms with Crippen LogP contribution in [0, 0.1) is 5.41 Å². The minimum absolute atomic E-state index is 0.0147. The number of hydrogen-bond acceptors (Lipinski definition) is 7. The SMILES string of the molecule is CCOC(=O)N(C(=O)OCC)N(Cc1ccc(-c2ccccn2)cc1)C(=O)[C@@H](N)C(C)(C)C. The van der Waals surface area contributed by atoms with Gasteiger partial charge >= 0.3 is 12.2 Å². The number of carbonyl (C=O) groups is 3. The Morgan fingerprint density at radius 2 is 1.55 bits per heavy atom. The Hall–Kier alpha value is -3.46. The van der Waals surface area contributed by atoms with E-state index < -0.39 is 29.6 Å². The molecule has 0 radical (unpaired) electrons. The van der Waals surface area contributed by atoms with Gasteiger partial charge in [-0.2, -0.15) is 0 Å². The van der Waals surface area contributed by atoms with Crippen molar-refractivity contribution >= 4 is 18.1 Å². The van der Waals surface area contributed by atoms with Crippen LogP contribution in [0.1, 0.15) is 40.2 Å². The highest BCUT2D eigenvalue weighted by Gasteiger charge is 2.39. The lowest BCUT2D eigenvalue weighted by Gasteiger charge is -2.36. The second-order valence-electron chi connectivity index (χ2n) is 8.36. The van der Waals surface area contributed by atoms with E-state index in [9.17, 15) is 14.4 Å². The Bertz CT molecular complexity index is 924. The van der Waals surface area contributed by atoms with Gasteiger partial charge in [0.1, 0.15) is 0 Å². The van der Waals surface area contributed by atoms with E-state index in [1.807, 2.05) is 30.3 Å². The third-order valence-corrected chi connectivity index (χ3v) is 4.82. The maximum atomic E-state index is 13.4. The Balaban J connectivity index is 2.43. The van der Waals surface area contributed by atoms with Gasteiger partial charge in [-0.1, -0.05) is 51.1 Å². The van der Waals surface area contributed by atoms with Crippen molar-refractivity contribution in [1.82, 2.24) is 15.0 Å². The van der Waals surface area contributed by atoms with Crippen LogP contribution >= 0.6 is 0 Å². The third kappa shape index (κ3) is 6.76. The Labute approximate surface area is 194 Å². The van der Waals surface area contributed by atoms with Crippen LogP contribution < -0.4 is 5.73 Å². The molecule has 0 spiro atoms. The second kappa shape index (κ2) is 11.4. The summed E-state index contributed by atoms with van der Waals surface area (Å²) in [5.41, 5.74) is 7.94. The molecule has 0 unspecified atom stereocenters. The summed E-state index contributed by atoms with van der Waals surface area (Å²) in [5.74, 6) is -0.614. The molecule has 2 N–H and O–H groups in total. The van der Waals surface area contributed by atoms with Crippen molar-refractivity contribution in [2.24, 2.45) is 11.1 Å². The molecule has 33 heavy (non-hydrogen) atoms. The smallest absolute Gasteiger partial charge is 0.439 e. The topological polar surface area (TPSA) is 115 Å². The van der Waals surface area contributed by atoms with E-state index in [4.69, 9.17) is 15.2 Å². The number of nitrogens with zero attached hydrogens (tertiary/aromatic N) is 3. The molecule has 1 atom stereocenters. The molecular weight excluding hydrogens is 424 g/mol. The first-order valence-corrected chi connectivity index (χ1v) is 10.8. The molecule has 1 aromatic carbocycles. The number of imide groups is 1. The summed E-state index contributed by atoms with van der Waals surface area (Å²) in [4.78, 5) is 43.0. The van der Waals surface area contributed by atoms with Gasteiger partial charge < -0.3 is 15.2 Å². The minimum atomic E-state index is -1.02. The fourth-order valence-electron chi connectivity index (χ4n) is 2.91. The lowest BCUT2D eigenvalue weighted by Crippen LogP contribution is -2.59. The third-order valence-electron chi connectivity index (χ3n) is 4.82. The molecule has 1 heterocycles. The van der Waals surface area contributed by atoms with E-state index >= 15 is 0 Å². The summed E-state index contributed by atoms with van der Waals surface area (Å²) >= 11 is 0. The van der Waals surface area contributed by atoms with Crippen molar-refractivity contribution in [3.63, 3.8) is 0 Å². The average Bonchev–Trinajstić information content (AvgIpc) is 2.78. The van der Waals surface area contributed by atoms with Crippen molar-refractivity contribution in [2.45, 2.75) is 47.2 Å². The molecule has 0 aliphatic heterocycles. The highest BCUT2D eigenvalue weighted by Crippen LogP contribution is 2.23. The molecule has 9 nitrogen and oxygen atoms in total. The Morgan fingerprint density at radius 1 is 0.970 bits per heavy atom. The lowest BCUT2D eigenvalue weighted by atomic mass is 9.86. The van der Waals surface area contributed by atoms with Crippen LogP contribution in [-0.2, 0) is 20.8 Å². The number of carbonyl (C=O) groups excluding carboxylic acids is 3. The van der Waals surface area contributed by atoms with Gasteiger partial charge in [0.25, 0.3) is 5.91 Å². The zero-order chi connectivity index (χ0) is 24.6. The van der Waals surface area contributed by atoms with Crippen LogP contribution in [0.2, 0.25) is 0 Å². The van der Waals surface area contributed by atoms with Crippen molar-refractivity contribution in [1.29, 1.82) is 0 Å². The molecule has 2 aromatic rings. The number of amides is 3. The van der Waals surface area contributed by atoms with Crippen molar-refractivity contribution in [2.75, 3.05) is 13.2 Å². The van der Waals surface area contributed by atoms with Crippen LogP contribution in [0.25, 0.3) is 11.3 Å². The molecule has 0 fully saturated rings. The summed E-state index contributed by atoms with van der Waals surface area (Å²) in [5, 5.41) is 1.56. The van der Waals surface area contributed by atoms with Crippen molar-refractivity contribution < 1.29 is 23.9 Å². The predicted molar refractivity (Wildman–Crippen MR) is 124 cm³/mol. The van der Waals surface area contributed by atoms with E-state index in [-0.39, 0.29) is 19.8 Å². The Kier molecular flexibility index (Phi) is 8.93. The van der Waals surface area contributed by atoms with Gasteiger partial charge in [-0.3, -0.25) is 9.78 Å². The van der Waals surface area contributed by atoms with Crippen LogP contribution in [0.15, 0.2) is 48.7 Å². The standard InChI is InChI=1S/C24H32N4O5/c1-6-32-22(30)28(23(31)33-7-2)27(21(29)20(25)24(3,4)5)16-17-11-13-18(14-12-17)19-10-8-9-15-26-19/h8-15,20H,6-7,16,25H2,1-5H3/t20-/m1/s1. The first-order chi connectivity index (χ1) is 15.6. The molecule has 3 amide bonds. The molecule has 0 saturated carbocycles. The summed E-state index contributed by atoms with van der Waals surface area (Å²) in [6.07, 6.45) is -0.334. The maximum absolute atomic E-state index is 13.4. The molecule has 0 aliphatic carbocycles. The van der Waals surface area contributed by atoms with Crippen LogP contribution in [0.3, 0.4) is 0 Å². The van der Waals surface area contributed by atoms with Gasteiger partial charge in [-0.15, -0.1) is 5.01 Å². The fraction of sp³-hybridized carbons (Fsp3) is 0.417. The molecule has 1 aromatic heterocycles. The molecule has 2 rings (SSSR count). The van der Waals surface area contributed by atoms with Crippen LogP contribution in [-0.4, -0.2) is 52.4 Å². The molecule has 0 aliphatic rings. The maximum Gasteiger partial charge on any atom is 0.439 e. The zero-order valence-electron chi connectivity index (χ0n) is 19.8. The van der Waals surface area contributed by atoms with E-state index in [1.165, 1.54) is 0 Å². The van der Waals surface area contributed by atoms with Gasteiger partial charge in [-0.25, -0.2) is 14.6 Å². The van der Waals surface area contributed by atoms with E-state index in [2.05, 4.69) is 4.98 Å². The number of rotatable bonds is 6. The average molecular weight is 457 g/mol. The van der Waals surface area contributed by atoms with Crippen LogP contribution in [0.4, 0.5) is 9.59 Å². The van der Waals surface area contributed by atoms with Gasteiger partial charge in [0.2, 0.25) is 0 Å². The fourth-order valence-corrected chi connectivity index (χ4v) is 2.91. The predicted octanol–water partition coefficient (Wildman–Crippen LogP) is 3.98. The number of hydrazine groups is 1. The molecule has 9 heteroatoms. The van der Waals surface area contributed by atoms with E-state index in [1.54, 1.807) is 52.9 Å². The molecule has 178 valence electrons. The largest absolute Gasteiger partial charge is 0.448 e. The first-order valence-electron chi connectivity index (χ1n) is 10.8. The highest BCUT2D eigenvalue weighted by atomic mass is 16.6. The van der Waals surface area contributed by atoms with Crippen molar-refractivity contribution in [3.05, 3.63) is 54.2 Å². The number of hydrogen-bond donors (Lipinski definition) is 1. The lowest BCUT2D eigenvalue weighted by molar-refractivity contribution is -0.149. The van der Waals surface area contributed by atoms with E-state index in [0.29, 0.717) is 10.6 Å².